The highest BCUT2D eigenvalue weighted by atomic mass is 127. The van der Waals surface area contributed by atoms with Crippen LogP contribution in [0.1, 0.15) is 39.0 Å². The number of hydrogen-bond acceptors (Lipinski definition) is 4. The van der Waals surface area contributed by atoms with Crippen molar-refractivity contribution in [2.24, 2.45) is 0 Å². The van der Waals surface area contributed by atoms with Gasteiger partial charge in [0, 0.05) is 17.3 Å². The first-order chi connectivity index (χ1) is 7.53. The number of fused-ring (bicyclic) bond motifs is 5. The van der Waals surface area contributed by atoms with E-state index < -0.39 is 11.6 Å². The molecule has 1 aliphatic carbocycles. The summed E-state index contributed by atoms with van der Waals surface area (Å²) in [5.41, 5.74) is -0.987. The number of carbonyl (C=O) groups excluding carboxylic acids is 2. The quantitative estimate of drug-likeness (QED) is 0.417. The second kappa shape index (κ2) is 4.50. The van der Waals surface area contributed by atoms with Gasteiger partial charge in [0.25, 0.3) is 0 Å². The Labute approximate surface area is 108 Å². The van der Waals surface area contributed by atoms with Crippen molar-refractivity contribution < 1.29 is 19.1 Å². The smallest absolute Gasteiger partial charge is 0.350 e. The fourth-order valence-corrected chi connectivity index (χ4v) is 3.40. The Morgan fingerprint density at radius 3 is 2.88 bits per heavy atom. The molecule has 2 saturated heterocycles. The molecule has 3 fully saturated rings. The largest absolute Gasteiger partial charge is 0.458 e. The highest BCUT2D eigenvalue weighted by Crippen LogP contribution is 2.39. The number of ether oxygens (including phenoxy) is 2. The van der Waals surface area contributed by atoms with Crippen molar-refractivity contribution in [1.29, 1.82) is 0 Å². The Bertz CT molecular complexity index is 313. The van der Waals surface area contributed by atoms with Crippen molar-refractivity contribution in [2.75, 3.05) is 0 Å². The number of halogens is 1. The minimum absolute atomic E-state index is 0.00270. The predicted octanol–water partition coefficient (Wildman–Crippen LogP) is 1.98. The summed E-state index contributed by atoms with van der Waals surface area (Å²) in [5, 5.41) is 0. The average molecular weight is 338 g/mol. The van der Waals surface area contributed by atoms with Crippen LogP contribution in [0.2, 0.25) is 0 Å². The number of hydrogen-bond donors (Lipinski definition) is 0. The first kappa shape index (κ1) is 12.1. The summed E-state index contributed by atoms with van der Waals surface area (Å²) in [5.74, 6) is -0.748. The van der Waals surface area contributed by atoms with Crippen LogP contribution in [0.3, 0.4) is 0 Å². The standard InChI is InChI=1S/C11H15IO4/c1-7(13)16-11-5-2-3-8(12)9(4-6-11)15-10(11)14/h8-9H,2-6H2,1H3. The van der Waals surface area contributed by atoms with Gasteiger partial charge in [0.1, 0.15) is 6.10 Å². The summed E-state index contributed by atoms with van der Waals surface area (Å²) < 4.78 is 11.0. The highest BCUT2D eigenvalue weighted by molar-refractivity contribution is 14.1. The fourth-order valence-electron chi connectivity index (χ4n) is 2.45. The SMILES string of the molecule is CC(=O)OC12CCCC(I)C(CC1)OC2=O. The molecule has 0 aromatic carbocycles. The second-order valence-electron chi connectivity index (χ2n) is 4.48. The molecule has 0 aromatic heterocycles. The van der Waals surface area contributed by atoms with Gasteiger partial charge in [0.15, 0.2) is 0 Å². The molecule has 0 amide bonds. The zero-order chi connectivity index (χ0) is 11.8. The molecule has 0 spiro atoms. The van der Waals surface area contributed by atoms with Crippen LogP contribution in [-0.2, 0) is 19.1 Å². The van der Waals surface area contributed by atoms with Gasteiger partial charge in [-0.05, 0) is 25.7 Å². The van der Waals surface area contributed by atoms with Gasteiger partial charge in [-0.25, -0.2) is 4.79 Å². The van der Waals surface area contributed by atoms with E-state index in [0.29, 0.717) is 16.8 Å². The van der Waals surface area contributed by atoms with E-state index in [4.69, 9.17) is 9.47 Å². The third-order valence-corrected chi connectivity index (χ3v) is 4.69. The topological polar surface area (TPSA) is 52.6 Å². The van der Waals surface area contributed by atoms with Gasteiger partial charge in [-0.1, -0.05) is 22.6 Å². The van der Waals surface area contributed by atoms with E-state index in [1.807, 2.05) is 0 Å². The molecule has 16 heavy (non-hydrogen) atoms. The lowest BCUT2D eigenvalue weighted by Crippen LogP contribution is -2.52. The highest BCUT2D eigenvalue weighted by Gasteiger charge is 2.50. The maximum Gasteiger partial charge on any atom is 0.350 e. The molecule has 0 radical (unpaired) electrons. The number of alkyl halides is 1. The zero-order valence-electron chi connectivity index (χ0n) is 9.20. The van der Waals surface area contributed by atoms with E-state index in [1.165, 1.54) is 6.92 Å². The number of carbonyl (C=O) groups is 2. The van der Waals surface area contributed by atoms with Crippen LogP contribution in [0.15, 0.2) is 0 Å². The zero-order valence-corrected chi connectivity index (χ0v) is 11.4. The molecule has 3 atom stereocenters. The van der Waals surface area contributed by atoms with Crippen molar-refractivity contribution in [3.63, 3.8) is 0 Å². The molecule has 0 aromatic rings. The molecule has 3 unspecified atom stereocenters. The summed E-state index contributed by atoms with van der Waals surface area (Å²) in [6.07, 6.45) is 3.92. The molecule has 0 N–H and O–H groups in total. The molecule has 3 aliphatic rings. The first-order valence-corrected chi connectivity index (χ1v) is 6.83. The van der Waals surface area contributed by atoms with Gasteiger partial charge in [0.2, 0.25) is 5.60 Å². The first-order valence-electron chi connectivity index (χ1n) is 5.58. The number of rotatable bonds is 1. The van der Waals surface area contributed by atoms with E-state index in [1.54, 1.807) is 0 Å². The van der Waals surface area contributed by atoms with Crippen molar-refractivity contribution >= 4 is 34.5 Å². The maximum atomic E-state index is 11.9. The van der Waals surface area contributed by atoms with Crippen molar-refractivity contribution in [1.82, 2.24) is 0 Å². The summed E-state index contributed by atoms with van der Waals surface area (Å²) in [4.78, 5) is 23.0. The molecule has 2 heterocycles. The Hall–Kier alpha value is -0.330. The Morgan fingerprint density at radius 1 is 1.50 bits per heavy atom. The van der Waals surface area contributed by atoms with Crippen LogP contribution in [-0.4, -0.2) is 27.6 Å². The van der Waals surface area contributed by atoms with Crippen molar-refractivity contribution in [3.8, 4) is 0 Å². The summed E-state index contributed by atoms with van der Waals surface area (Å²) in [7, 11) is 0. The van der Waals surface area contributed by atoms with Gasteiger partial charge in [-0.15, -0.1) is 0 Å². The van der Waals surface area contributed by atoms with Gasteiger partial charge in [-0.2, -0.15) is 0 Å². The second-order valence-corrected chi connectivity index (χ2v) is 6.08. The Kier molecular flexibility index (Phi) is 3.42. The Balaban J connectivity index is 2.19. The van der Waals surface area contributed by atoms with Crippen LogP contribution in [0, 0.1) is 0 Å². The lowest BCUT2D eigenvalue weighted by molar-refractivity contribution is -0.198. The van der Waals surface area contributed by atoms with E-state index in [0.717, 1.165) is 19.3 Å². The van der Waals surface area contributed by atoms with E-state index in [-0.39, 0.29) is 12.1 Å². The van der Waals surface area contributed by atoms with Crippen LogP contribution in [0.5, 0.6) is 0 Å². The van der Waals surface area contributed by atoms with Crippen LogP contribution in [0.4, 0.5) is 0 Å². The van der Waals surface area contributed by atoms with Crippen molar-refractivity contribution in [3.05, 3.63) is 0 Å². The van der Waals surface area contributed by atoms with Crippen molar-refractivity contribution in [2.45, 2.75) is 54.7 Å². The normalized spacial score (nSPS) is 38.5. The minimum atomic E-state index is -0.987. The molecule has 3 rings (SSSR count). The summed E-state index contributed by atoms with van der Waals surface area (Å²) >= 11 is 2.34. The molecule has 1 saturated carbocycles. The summed E-state index contributed by atoms with van der Waals surface area (Å²) in [6.45, 7) is 1.34. The van der Waals surface area contributed by atoms with E-state index >= 15 is 0 Å². The third-order valence-electron chi connectivity index (χ3n) is 3.27. The molecular weight excluding hydrogens is 323 g/mol. The Morgan fingerprint density at radius 2 is 2.25 bits per heavy atom. The van der Waals surface area contributed by atoms with Gasteiger partial charge < -0.3 is 9.47 Å². The van der Waals surface area contributed by atoms with Gasteiger partial charge in [-0.3, -0.25) is 4.79 Å². The van der Waals surface area contributed by atoms with Crippen LogP contribution in [0.25, 0.3) is 0 Å². The lowest BCUT2D eigenvalue weighted by Gasteiger charge is -2.41. The van der Waals surface area contributed by atoms with Crippen LogP contribution < -0.4 is 0 Å². The molecule has 90 valence electrons. The van der Waals surface area contributed by atoms with E-state index in [2.05, 4.69) is 22.6 Å². The fraction of sp³-hybridized carbons (Fsp3) is 0.818. The van der Waals surface area contributed by atoms with Gasteiger partial charge in [0.05, 0.1) is 0 Å². The summed E-state index contributed by atoms with van der Waals surface area (Å²) in [6, 6.07) is 0. The minimum Gasteiger partial charge on any atom is -0.458 e. The third kappa shape index (κ3) is 2.19. The lowest BCUT2D eigenvalue weighted by atomic mass is 9.83. The monoisotopic (exact) mass is 338 g/mol. The predicted molar refractivity (Wildman–Crippen MR) is 65.3 cm³/mol. The van der Waals surface area contributed by atoms with Crippen LogP contribution >= 0.6 is 22.6 Å². The molecule has 4 nitrogen and oxygen atoms in total. The maximum absolute atomic E-state index is 11.9. The molecule has 2 bridgehead atoms. The van der Waals surface area contributed by atoms with Gasteiger partial charge >= 0.3 is 11.9 Å². The average Bonchev–Trinajstić information content (AvgIpc) is 2.19. The molecule has 2 aliphatic heterocycles. The van der Waals surface area contributed by atoms with E-state index in [9.17, 15) is 9.59 Å². The number of esters is 2. The molecular formula is C11H15IO4. The molecule has 5 heteroatoms.